The number of benzene rings is 1. The molecule has 0 aliphatic rings. The number of rotatable bonds is 5. The molecule has 0 radical (unpaired) electrons. The molecular weight excluding hydrogens is 352 g/mol. The quantitative estimate of drug-likeness (QED) is 0.405. The number of aromatic hydroxyl groups is 2. The van der Waals surface area contributed by atoms with Crippen LogP contribution in [0.5, 0.6) is 11.5 Å². The van der Waals surface area contributed by atoms with E-state index in [2.05, 4.69) is 20.9 Å². The van der Waals surface area contributed by atoms with E-state index in [0.29, 0.717) is 14.9 Å². The second-order valence-electron chi connectivity index (χ2n) is 4.60. The fraction of sp³-hybridized carbons (Fsp3) is 0.214. The van der Waals surface area contributed by atoms with Gasteiger partial charge in [0.05, 0.1) is 22.7 Å². The third kappa shape index (κ3) is 4.52. The van der Waals surface area contributed by atoms with Crippen LogP contribution in [0.3, 0.4) is 0 Å². The van der Waals surface area contributed by atoms with Crippen LogP contribution in [-0.2, 0) is 11.2 Å². The summed E-state index contributed by atoms with van der Waals surface area (Å²) in [5.74, 6) is -0.421. The Morgan fingerprint density at radius 3 is 2.62 bits per heavy atom. The van der Waals surface area contributed by atoms with Gasteiger partial charge in [-0.05, 0) is 6.07 Å². The highest BCUT2D eigenvalue weighted by atomic mass is 32.2. The van der Waals surface area contributed by atoms with E-state index in [1.54, 1.807) is 12.4 Å². The lowest BCUT2D eigenvalue weighted by molar-refractivity contribution is -0.120. The highest BCUT2D eigenvalue weighted by Crippen LogP contribution is 2.41. The number of carbonyl (C=O) groups excluding carboxylic acids is 2. The molecule has 1 aromatic carbocycles. The highest BCUT2D eigenvalue weighted by Gasteiger charge is 2.14. The van der Waals surface area contributed by atoms with Crippen molar-refractivity contribution >= 4 is 40.7 Å². The SMILES string of the molecule is CNC(=O)Cc1csc(Sc2cc(O)c(NC(=O)NC)cc2O)n1. The molecule has 1 heterocycles. The van der Waals surface area contributed by atoms with Gasteiger partial charge in [-0.15, -0.1) is 11.3 Å². The van der Waals surface area contributed by atoms with E-state index >= 15 is 0 Å². The molecule has 2 aromatic rings. The number of urea groups is 1. The van der Waals surface area contributed by atoms with Gasteiger partial charge < -0.3 is 26.2 Å². The molecule has 128 valence electrons. The Morgan fingerprint density at radius 2 is 1.96 bits per heavy atom. The minimum atomic E-state index is -0.510. The molecular formula is C14H16N4O4S2. The van der Waals surface area contributed by atoms with Gasteiger partial charge in [-0.25, -0.2) is 9.78 Å². The van der Waals surface area contributed by atoms with Crippen molar-refractivity contribution in [2.24, 2.45) is 0 Å². The molecule has 0 saturated heterocycles. The van der Waals surface area contributed by atoms with Crippen molar-refractivity contribution in [1.82, 2.24) is 15.6 Å². The van der Waals surface area contributed by atoms with E-state index in [4.69, 9.17) is 0 Å². The zero-order valence-corrected chi connectivity index (χ0v) is 14.5. The molecule has 0 bridgehead atoms. The third-order valence-electron chi connectivity index (χ3n) is 2.90. The molecule has 0 aliphatic heterocycles. The monoisotopic (exact) mass is 368 g/mol. The summed E-state index contributed by atoms with van der Waals surface area (Å²) >= 11 is 2.48. The summed E-state index contributed by atoms with van der Waals surface area (Å²) in [6.07, 6.45) is 0.180. The molecule has 3 amide bonds. The Morgan fingerprint density at radius 1 is 1.21 bits per heavy atom. The van der Waals surface area contributed by atoms with Gasteiger partial charge in [-0.3, -0.25) is 4.79 Å². The Kier molecular flexibility index (Phi) is 5.88. The molecule has 5 N–H and O–H groups in total. The Hall–Kier alpha value is -2.46. The summed E-state index contributed by atoms with van der Waals surface area (Å²) < 4.78 is 0.621. The van der Waals surface area contributed by atoms with E-state index in [1.807, 2.05) is 0 Å². The molecule has 10 heteroatoms. The van der Waals surface area contributed by atoms with E-state index in [-0.39, 0.29) is 29.5 Å². The number of nitrogens with zero attached hydrogens (tertiary/aromatic N) is 1. The number of thiazole rings is 1. The number of likely N-dealkylation sites (N-methyl/N-ethyl adjacent to an activating group) is 1. The summed E-state index contributed by atoms with van der Waals surface area (Å²) in [4.78, 5) is 27.3. The average Bonchev–Trinajstić information content (AvgIpc) is 2.98. The van der Waals surface area contributed by atoms with Crippen LogP contribution in [0.25, 0.3) is 0 Å². The van der Waals surface area contributed by atoms with Crippen LogP contribution >= 0.6 is 23.1 Å². The van der Waals surface area contributed by atoms with Crippen molar-refractivity contribution in [3.05, 3.63) is 23.2 Å². The zero-order valence-electron chi connectivity index (χ0n) is 12.9. The van der Waals surface area contributed by atoms with Crippen molar-refractivity contribution in [3.63, 3.8) is 0 Å². The Balaban J connectivity index is 2.14. The molecule has 0 fully saturated rings. The summed E-state index contributed by atoms with van der Waals surface area (Å²) in [5.41, 5.74) is 0.721. The zero-order chi connectivity index (χ0) is 17.7. The fourth-order valence-electron chi connectivity index (χ4n) is 1.69. The standard InChI is InChI=1S/C14H16N4O4S2/c1-15-12(21)3-7-6-23-14(17-7)24-11-5-9(19)8(4-10(11)20)18-13(22)16-2/h4-6,19-20H,3H2,1-2H3,(H,15,21)(H2,16,18,22). The maximum Gasteiger partial charge on any atom is 0.319 e. The van der Waals surface area contributed by atoms with Crippen molar-refractivity contribution in [1.29, 1.82) is 0 Å². The predicted octanol–water partition coefficient (Wildman–Crippen LogP) is 1.75. The predicted molar refractivity (Wildman–Crippen MR) is 91.9 cm³/mol. The smallest absolute Gasteiger partial charge is 0.319 e. The number of phenolic OH excluding ortho intramolecular Hbond substituents is 2. The number of anilines is 1. The maximum absolute atomic E-state index is 11.3. The topological polar surface area (TPSA) is 124 Å². The van der Waals surface area contributed by atoms with Crippen molar-refractivity contribution in [3.8, 4) is 11.5 Å². The largest absolute Gasteiger partial charge is 0.507 e. The van der Waals surface area contributed by atoms with Crippen molar-refractivity contribution < 1.29 is 19.8 Å². The molecule has 24 heavy (non-hydrogen) atoms. The molecule has 0 aliphatic carbocycles. The van der Waals surface area contributed by atoms with E-state index < -0.39 is 6.03 Å². The fourth-order valence-corrected chi connectivity index (χ4v) is 3.52. The van der Waals surface area contributed by atoms with Crippen molar-refractivity contribution in [2.75, 3.05) is 19.4 Å². The molecule has 0 spiro atoms. The molecule has 0 saturated carbocycles. The van der Waals surface area contributed by atoms with Gasteiger partial charge in [0.15, 0.2) is 4.34 Å². The van der Waals surface area contributed by atoms with Gasteiger partial charge >= 0.3 is 6.03 Å². The van der Waals surface area contributed by atoms with Gasteiger partial charge in [0, 0.05) is 25.5 Å². The maximum atomic E-state index is 11.3. The summed E-state index contributed by atoms with van der Waals surface area (Å²) in [5, 5.41) is 29.0. The van der Waals surface area contributed by atoms with Crippen LogP contribution in [0.2, 0.25) is 0 Å². The number of phenols is 2. The number of carbonyl (C=O) groups is 2. The van der Waals surface area contributed by atoms with Crippen LogP contribution in [0.4, 0.5) is 10.5 Å². The first-order valence-electron chi connectivity index (χ1n) is 6.80. The molecule has 0 unspecified atom stereocenters. The molecule has 8 nitrogen and oxygen atoms in total. The number of amides is 3. The lowest BCUT2D eigenvalue weighted by atomic mass is 10.2. The van der Waals surface area contributed by atoms with Crippen LogP contribution in [0, 0.1) is 0 Å². The van der Waals surface area contributed by atoms with Crippen LogP contribution in [0.15, 0.2) is 26.7 Å². The van der Waals surface area contributed by atoms with Gasteiger partial charge in [0.1, 0.15) is 11.5 Å². The highest BCUT2D eigenvalue weighted by molar-refractivity contribution is 8.01. The van der Waals surface area contributed by atoms with Gasteiger partial charge in [-0.2, -0.15) is 0 Å². The summed E-state index contributed by atoms with van der Waals surface area (Å²) in [7, 11) is 2.99. The molecule has 1 aromatic heterocycles. The second-order valence-corrected chi connectivity index (χ2v) is 6.75. The average molecular weight is 368 g/mol. The third-order valence-corrected chi connectivity index (χ3v) is 4.94. The minimum absolute atomic E-state index is 0.0932. The first-order chi connectivity index (χ1) is 11.4. The van der Waals surface area contributed by atoms with Gasteiger partial charge in [0.2, 0.25) is 5.91 Å². The number of hydrogen-bond acceptors (Lipinski definition) is 7. The lowest BCUT2D eigenvalue weighted by Gasteiger charge is -2.10. The van der Waals surface area contributed by atoms with Crippen LogP contribution in [-0.4, -0.2) is 41.2 Å². The Bertz CT molecular complexity index is 763. The number of aromatic nitrogens is 1. The van der Waals surface area contributed by atoms with Crippen molar-refractivity contribution in [2.45, 2.75) is 15.7 Å². The van der Waals surface area contributed by atoms with Gasteiger partial charge in [0.25, 0.3) is 0 Å². The molecule has 0 atom stereocenters. The lowest BCUT2D eigenvalue weighted by Crippen LogP contribution is -2.24. The van der Waals surface area contributed by atoms with Crippen LogP contribution < -0.4 is 16.0 Å². The Labute approximate surface area is 146 Å². The molecule has 2 rings (SSSR count). The van der Waals surface area contributed by atoms with E-state index in [1.165, 1.54) is 30.5 Å². The summed E-state index contributed by atoms with van der Waals surface area (Å²) in [6.45, 7) is 0. The normalized spacial score (nSPS) is 10.2. The number of nitrogens with one attached hydrogen (secondary N) is 3. The van der Waals surface area contributed by atoms with E-state index in [0.717, 1.165) is 11.8 Å². The van der Waals surface area contributed by atoms with Gasteiger partial charge in [-0.1, -0.05) is 11.8 Å². The summed E-state index contributed by atoms with van der Waals surface area (Å²) in [6, 6.07) is 2.08. The minimum Gasteiger partial charge on any atom is -0.507 e. The number of hydrogen-bond donors (Lipinski definition) is 5. The first-order valence-corrected chi connectivity index (χ1v) is 8.50. The van der Waals surface area contributed by atoms with E-state index in [9.17, 15) is 19.8 Å². The second kappa shape index (κ2) is 7.88. The first kappa shape index (κ1) is 17.9. The van der Waals surface area contributed by atoms with Crippen LogP contribution in [0.1, 0.15) is 5.69 Å².